The number of rotatable bonds is 10. The summed E-state index contributed by atoms with van der Waals surface area (Å²) in [6.45, 7) is 4.30. The molecule has 0 radical (unpaired) electrons. The number of methoxy groups -OCH3 is 1. The van der Waals surface area contributed by atoms with Gasteiger partial charge in [-0.1, -0.05) is 61.2 Å². The van der Waals surface area contributed by atoms with Gasteiger partial charge in [-0.15, -0.1) is 12.4 Å². The Labute approximate surface area is 172 Å². The van der Waals surface area contributed by atoms with Gasteiger partial charge < -0.3 is 14.8 Å². The number of ether oxygens (including phenoxy) is 2. The van der Waals surface area contributed by atoms with Gasteiger partial charge in [-0.05, 0) is 31.2 Å². The topological polar surface area (TPSA) is 30.5 Å². The monoisotopic (exact) mass is 417 g/mol. The molecule has 3 nitrogen and oxygen atoms in total. The summed E-state index contributed by atoms with van der Waals surface area (Å²) in [6.07, 6.45) is 3.64. The minimum Gasteiger partial charge on any atom is -0.493 e. The molecule has 0 fully saturated rings. The molecule has 6 heteroatoms. The van der Waals surface area contributed by atoms with Crippen molar-refractivity contribution in [2.75, 3.05) is 13.7 Å². The molecule has 0 aliphatic heterocycles. The fourth-order valence-corrected chi connectivity index (χ4v) is 3.00. The van der Waals surface area contributed by atoms with Crippen molar-refractivity contribution in [1.82, 2.24) is 5.32 Å². The Kier molecular flexibility index (Phi) is 10.8. The van der Waals surface area contributed by atoms with Crippen LogP contribution in [-0.4, -0.2) is 13.7 Å². The van der Waals surface area contributed by atoms with E-state index in [4.69, 9.17) is 32.7 Å². The predicted molar refractivity (Wildman–Crippen MR) is 112 cm³/mol. The van der Waals surface area contributed by atoms with Crippen LogP contribution in [0.5, 0.6) is 11.5 Å². The molecule has 26 heavy (non-hydrogen) atoms. The van der Waals surface area contributed by atoms with Crippen LogP contribution in [0.15, 0.2) is 36.4 Å². The highest BCUT2D eigenvalue weighted by molar-refractivity contribution is 6.35. The Morgan fingerprint density at radius 1 is 1.04 bits per heavy atom. The standard InChI is InChI=1S/C20H25Cl2NO2.ClH/c1-3-4-5-11-23-13-15-7-6-8-19(24-2)20(15)25-14-16-9-10-17(21)12-18(16)22;/h6-10,12,23H,3-5,11,13-14H2,1-2H3;1H. The second kappa shape index (κ2) is 12.3. The fraction of sp³-hybridized carbons (Fsp3) is 0.400. The van der Waals surface area contributed by atoms with Gasteiger partial charge in [0.05, 0.1) is 7.11 Å². The summed E-state index contributed by atoms with van der Waals surface area (Å²) in [7, 11) is 1.65. The zero-order valence-electron chi connectivity index (χ0n) is 15.2. The second-order valence-corrected chi connectivity index (χ2v) is 6.70. The summed E-state index contributed by atoms with van der Waals surface area (Å²) in [4.78, 5) is 0. The zero-order valence-corrected chi connectivity index (χ0v) is 17.5. The molecule has 0 amide bonds. The van der Waals surface area contributed by atoms with E-state index >= 15 is 0 Å². The number of para-hydroxylation sites is 1. The van der Waals surface area contributed by atoms with E-state index in [-0.39, 0.29) is 12.4 Å². The van der Waals surface area contributed by atoms with Crippen molar-refractivity contribution in [3.8, 4) is 11.5 Å². The summed E-state index contributed by atoms with van der Waals surface area (Å²) in [5.41, 5.74) is 1.96. The van der Waals surface area contributed by atoms with E-state index in [1.807, 2.05) is 30.3 Å². The van der Waals surface area contributed by atoms with Crippen molar-refractivity contribution in [1.29, 1.82) is 0 Å². The Hall–Kier alpha value is -1.13. The van der Waals surface area contributed by atoms with Crippen LogP contribution in [0.25, 0.3) is 0 Å². The SMILES string of the molecule is CCCCCNCc1cccc(OC)c1OCc1ccc(Cl)cc1Cl.Cl. The van der Waals surface area contributed by atoms with E-state index in [2.05, 4.69) is 12.2 Å². The predicted octanol–water partition coefficient (Wildman–Crippen LogP) is 6.28. The normalized spacial score (nSPS) is 10.3. The molecule has 144 valence electrons. The van der Waals surface area contributed by atoms with Gasteiger partial charge in [0.2, 0.25) is 0 Å². The van der Waals surface area contributed by atoms with Gasteiger partial charge in [-0.2, -0.15) is 0 Å². The highest BCUT2D eigenvalue weighted by Crippen LogP contribution is 2.32. The highest BCUT2D eigenvalue weighted by atomic mass is 35.5. The van der Waals surface area contributed by atoms with E-state index in [1.54, 1.807) is 13.2 Å². The third-order valence-electron chi connectivity index (χ3n) is 3.94. The van der Waals surface area contributed by atoms with Crippen LogP contribution in [-0.2, 0) is 13.2 Å². The Morgan fingerprint density at radius 3 is 2.54 bits per heavy atom. The van der Waals surface area contributed by atoms with Crippen LogP contribution in [0, 0.1) is 0 Å². The molecule has 0 atom stereocenters. The molecule has 0 aromatic heterocycles. The minimum absolute atomic E-state index is 0. The molecular formula is C20H26Cl3NO2. The lowest BCUT2D eigenvalue weighted by Crippen LogP contribution is -2.15. The average Bonchev–Trinajstić information content (AvgIpc) is 2.61. The van der Waals surface area contributed by atoms with Gasteiger partial charge in [0, 0.05) is 27.7 Å². The third kappa shape index (κ3) is 6.88. The van der Waals surface area contributed by atoms with Crippen molar-refractivity contribution in [2.24, 2.45) is 0 Å². The lowest BCUT2D eigenvalue weighted by atomic mass is 10.1. The smallest absolute Gasteiger partial charge is 0.166 e. The van der Waals surface area contributed by atoms with Gasteiger partial charge in [0.25, 0.3) is 0 Å². The number of unbranched alkanes of at least 4 members (excludes halogenated alkanes) is 2. The summed E-state index contributed by atoms with van der Waals surface area (Å²) in [5, 5.41) is 4.68. The molecule has 0 heterocycles. The third-order valence-corrected chi connectivity index (χ3v) is 4.53. The summed E-state index contributed by atoms with van der Waals surface area (Å²) in [5.74, 6) is 1.47. The van der Waals surface area contributed by atoms with Crippen molar-refractivity contribution in [2.45, 2.75) is 39.3 Å². The van der Waals surface area contributed by atoms with Crippen molar-refractivity contribution in [3.63, 3.8) is 0 Å². The first-order chi connectivity index (χ1) is 12.2. The molecule has 0 spiro atoms. The van der Waals surface area contributed by atoms with E-state index < -0.39 is 0 Å². The summed E-state index contributed by atoms with van der Waals surface area (Å²) in [6, 6.07) is 11.3. The van der Waals surface area contributed by atoms with Crippen LogP contribution in [0.4, 0.5) is 0 Å². The van der Waals surface area contributed by atoms with Crippen LogP contribution < -0.4 is 14.8 Å². The Bertz CT molecular complexity index is 680. The van der Waals surface area contributed by atoms with Gasteiger partial charge in [0.15, 0.2) is 11.5 Å². The van der Waals surface area contributed by atoms with E-state index in [0.29, 0.717) is 16.7 Å². The number of nitrogens with one attached hydrogen (secondary N) is 1. The first-order valence-corrected chi connectivity index (χ1v) is 9.34. The van der Waals surface area contributed by atoms with Gasteiger partial charge in [-0.25, -0.2) is 0 Å². The fourth-order valence-electron chi connectivity index (χ4n) is 2.54. The van der Waals surface area contributed by atoms with E-state index in [0.717, 1.165) is 35.7 Å². The molecule has 2 aromatic rings. The quantitative estimate of drug-likeness (QED) is 0.460. The Morgan fingerprint density at radius 2 is 1.85 bits per heavy atom. The molecule has 0 unspecified atom stereocenters. The molecule has 0 aliphatic carbocycles. The number of hydrogen-bond acceptors (Lipinski definition) is 3. The first-order valence-electron chi connectivity index (χ1n) is 8.59. The second-order valence-electron chi connectivity index (χ2n) is 5.86. The lowest BCUT2D eigenvalue weighted by Gasteiger charge is -2.16. The van der Waals surface area contributed by atoms with Gasteiger partial charge in [0.1, 0.15) is 6.61 Å². The van der Waals surface area contributed by atoms with Crippen molar-refractivity contribution < 1.29 is 9.47 Å². The van der Waals surface area contributed by atoms with Crippen LogP contribution in [0.2, 0.25) is 10.0 Å². The van der Waals surface area contributed by atoms with E-state index in [1.165, 1.54) is 19.3 Å². The maximum atomic E-state index is 6.23. The molecule has 0 aliphatic rings. The maximum Gasteiger partial charge on any atom is 0.166 e. The first kappa shape index (κ1) is 22.9. The molecular weight excluding hydrogens is 393 g/mol. The van der Waals surface area contributed by atoms with Crippen molar-refractivity contribution in [3.05, 3.63) is 57.6 Å². The van der Waals surface area contributed by atoms with Gasteiger partial charge in [-0.3, -0.25) is 0 Å². The summed E-state index contributed by atoms with van der Waals surface area (Å²) >= 11 is 12.2. The van der Waals surface area contributed by atoms with Crippen LogP contribution in [0.1, 0.15) is 37.3 Å². The van der Waals surface area contributed by atoms with Crippen LogP contribution >= 0.6 is 35.6 Å². The molecule has 2 rings (SSSR count). The molecule has 0 saturated carbocycles. The largest absolute Gasteiger partial charge is 0.493 e. The van der Waals surface area contributed by atoms with Crippen LogP contribution in [0.3, 0.4) is 0 Å². The summed E-state index contributed by atoms with van der Waals surface area (Å²) < 4.78 is 11.5. The highest BCUT2D eigenvalue weighted by Gasteiger charge is 2.12. The molecule has 2 aromatic carbocycles. The van der Waals surface area contributed by atoms with E-state index in [9.17, 15) is 0 Å². The van der Waals surface area contributed by atoms with Gasteiger partial charge >= 0.3 is 0 Å². The van der Waals surface area contributed by atoms with Crippen molar-refractivity contribution >= 4 is 35.6 Å². The lowest BCUT2D eigenvalue weighted by molar-refractivity contribution is 0.280. The number of benzene rings is 2. The molecule has 1 N–H and O–H groups in total. The number of hydrogen-bond donors (Lipinski definition) is 1. The minimum atomic E-state index is 0. The Balaban J connectivity index is 0.00000338. The molecule has 0 saturated heterocycles. The maximum absolute atomic E-state index is 6.23. The zero-order chi connectivity index (χ0) is 18.1. The molecule has 0 bridgehead atoms. The average molecular weight is 419 g/mol. The number of halogens is 3.